The highest BCUT2D eigenvalue weighted by Gasteiger charge is 1.96. The van der Waals surface area contributed by atoms with Crippen LogP contribution in [0.25, 0.3) is 0 Å². The van der Waals surface area contributed by atoms with Gasteiger partial charge >= 0.3 is 0 Å². The molecule has 2 nitrogen and oxygen atoms in total. The molecule has 0 spiro atoms. The van der Waals surface area contributed by atoms with Crippen LogP contribution in [0.2, 0.25) is 0 Å². The lowest BCUT2D eigenvalue weighted by Gasteiger charge is -1.98. The first-order valence-corrected chi connectivity index (χ1v) is 5.68. The minimum absolute atomic E-state index is 0.148. The number of benzene rings is 1. The maximum absolute atomic E-state index is 8.61. The minimum atomic E-state index is 0.148. The molecule has 0 amide bonds. The van der Waals surface area contributed by atoms with Gasteiger partial charge in [0.1, 0.15) is 0 Å². The molecule has 0 saturated heterocycles. The number of aliphatic imine (C=N–C) groups is 1. The third-order valence-electron chi connectivity index (χ3n) is 2.46. The molecule has 0 aliphatic carbocycles. The average molecular weight is 214 g/mol. The maximum atomic E-state index is 8.61. The first kappa shape index (κ1) is 12.4. The van der Waals surface area contributed by atoms with Gasteiger partial charge in [-0.05, 0) is 32.3 Å². The Kier molecular flexibility index (Phi) is 5.28. The highest BCUT2D eigenvalue weighted by atomic mass is 14.7. The molecule has 1 unspecified atom stereocenters. The van der Waals surface area contributed by atoms with Crippen LogP contribution in [0, 0.1) is 24.2 Å². The van der Waals surface area contributed by atoms with Crippen molar-refractivity contribution in [2.75, 3.05) is 6.54 Å². The van der Waals surface area contributed by atoms with Gasteiger partial charge in [0.25, 0.3) is 0 Å². The minimum Gasteiger partial charge on any atom is -0.293 e. The van der Waals surface area contributed by atoms with Crippen molar-refractivity contribution in [2.24, 2.45) is 10.9 Å². The van der Waals surface area contributed by atoms with E-state index in [4.69, 9.17) is 5.26 Å². The Bertz CT molecular complexity index is 371. The molecule has 0 heterocycles. The molecule has 0 saturated carbocycles. The van der Waals surface area contributed by atoms with Gasteiger partial charge in [-0.2, -0.15) is 5.26 Å². The first-order valence-electron chi connectivity index (χ1n) is 5.68. The Hall–Kier alpha value is -1.62. The second kappa shape index (κ2) is 6.79. The van der Waals surface area contributed by atoms with Crippen LogP contribution in [-0.4, -0.2) is 12.8 Å². The summed E-state index contributed by atoms with van der Waals surface area (Å²) in [6.07, 6.45) is 3.81. The topological polar surface area (TPSA) is 36.1 Å². The van der Waals surface area contributed by atoms with Crippen LogP contribution in [0.3, 0.4) is 0 Å². The Labute approximate surface area is 97.6 Å². The number of nitriles is 1. The summed E-state index contributed by atoms with van der Waals surface area (Å²) >= 11 is 0. The smallest absolute Gasteiger partial charge is 0.0652 e. The van der Waals surface area contributed by atoms with Crippen molar-refractivity contribution in [3.63, 3.8) is 0 Å². The fourth-order valence-electron chi connectivity index (χ4n) is 1.38. The zero-order valence-corrected chi connectivity index (χ0v) is 9.98. The molecule has 1 atom stereocenters. The summed E-state index contributed by atoms with van der Waals surface area (Å²) in [5.41, 5.74) is 2.40. The summed E-state index contributed by atoms with van der Waals surface area (Å²) in [6, 6.07) is 10.5. The molecule has 1 rings (SSSR count). The third kappa shape index (κ3) is 4.75. The van der Waals surface area contributed by atoms with Crippen LogP contribution in [-0.2, 0) is 0 Å². The van der Waals surface area contributed by atoms with Crippen LogP contribution in [0.1, 0.15) is 30.9 Å². The molecule has 0 bridgehead atoms. The van der Waals surface area contributed by atoms with E-state index < -0.39 is 0 Å². The van der Waals surface area contributed by atoms with Crippen molar-refractivity contribution in [3.05, 3.63) is 35.4 Å². The van der Waals surface area contributed by atoms with E-state index in [1.807, 2.05) is 13.1 Å². The van der Waals surface area contributed by atoms with Crippen molar-refractivity contribution in [1.29, 1.82) is 5.26 Å². The Morgan fingerprint density at radius 3 is 2.69 bits per heavy atom. The van der Waals surface area contributed by atoms with Gasteiger partial charge < -0.3 is 0 Å². The molecule has 0 N–H and O–H groups in total. The number of rotatable bonds is 5. The van der Waals surface area contributed by atoms with E-state index in [-0.39, 0.29) is 5.92 Å². The van der Waals surface area contributed by atoms with E-state index in [9.17, 15) is 0 Å². The summed E-state index contributed by atoms with van der Waals surface area (Å²) in [4.78, 5) is 4.34. The summed E-state index contributed by atoms with van der Waals surface area (Å²) in [5, 5.41) is 8.61. The molecule has 0 aliphatic rings. The van der Waals surface area contributed by atoms with E-state index in [1.54, 1.807) is 0 Å². The maximum Gasteiger partial charge on any atom is 0.0652 e. The lowest BCUT2D eigenvalue weighted by atomic mass is 10.1. The number of hydrogen-bond donors (Lipinski definition) is 0. The van der Waals surface area contributed by atoms with E-state index >= 15 is 0 Å². The van der Waals surface area contributed by atoms with Crippen molar-refractivity contribution in [2.45, 2.75) is 26.7 Å². The molecular formula is C14H18N2. The second-order valence-corrected chi connectivity index (χ2v) is 4.12. The standard InChI is InChI=1S/C14H18N2/c1-12-5-7-14(8-6-12)11-16-9-3-4-13(2)10-15/h5-8,11,13H,3-4,9H2,1-2H3. The molecule has 1 aromatic rings. The molecule has 0 aliphatic heterocycles. The van der Waals surface area contributed by atoms with E-state index in [1.165, 1.54) is 5.56 Å². The van der Waals surface area contributed by atoms with Crippen LogP contribution < -0.4 is 0 Å². The van der Waals surface area contributed by atoms with Crippen LogP contribution in [0.15, 0.2) is 29.3 Å². The molecule has 0 radical (unpaired) electrons. The predicted molar refractivity (Wildman–Crippen MR) is 67.7 cm³/mol. The molecule has 84 valence electrons. The van der Waals surface area contributed by atoms with Gasteiger partial charge in [0, 0.05) is 18.7 Å². The summed E-state index contributed by atoms with van der Waals surface area (Å²) < 4.78 is 0. The van der Waals surface area contributed by atoms with Gasteiger partial charge in [-0.15, -0.1) is 0 Å². The highest BCUT2D eigenvalue weighted by Crippen LogP contribution is 2.04. The second-order valence-electron chi connectivity index (χ2n) is 4.12. The third-order valence-corrected chi connectivity index (χ3v) is 2.46. The Balaban J connectivity index is 2.27. The average Bonchev–Trinajstić information content (AvgIpc) is 2.31. The van der Waals surface area contributed by atoms with Crippen molar-refractivity contribution < 1.29 is 0 Å². The largest absolute Gasteiger partial charge is 0.293 e. The normalized spacial score (nSPS) is 12.6. The van der Waals surface area contributed by atoms with E-state index in [2.05, 4.69) is 42.3 Å². The molecule has 0 fully saturated rings. The van der Waals surface area contributed by atoms with Gasteiger partial charge in [0.05, 0.1) is 6.07 Å². The quantitative estimate of drug-likeness (QED) is 0.547. The van der Waals surface area contributed by atoms with E-state index in [0.717, 1.165) is 24.9 Å². The first-order chi connectivity index (χ1) is 7.72. The molecule has 0 aromatic heterocycles. The van der Waals surface area contributed by atoms with Gasteiger partial charge in [0.2, 0.25) is 0 Å². The Morgan fingerprint density at radius 1 is 1.38 bits per heavy atom. The highest BCUT2D eigenvalue weighted by molar-refractivity contribution is 5.79. The fraction of sp³-hybridized carbons (Fsp3) is 0.429. The SMILES string of the molecule is Cc1ccc(C=NCCCC(C)C#N)cc1. The van der Waals surface area contributed by atoms with Crippen LogP contribution in [0.5, 0.6) is 0 Å². The molecular weight excluding hydrogens is 196 g/mol. The van der Waals surface area contributed by atoms with E-state index in [0.29, 0.717) is 0 Å². The Morgan fingerprint density at radius 2 is 2.06 bits per heavy atom. The van der Waals surface area contributed by atoms with Gasteiger partial charge in [-0.3, -0.25) is 4.99 Å². The number of aryl methyl sites for hydroxylation is 1. The monoisotopic (exact) mass is 214 g/mol. The summed E-state index contributed by atoms with van der Waals surface area (Å²) in [5.74, 6) is 0.148. The lowest BCUT2D eigenvalue weighted by molar-refractivity contribution is 0.625. The van der Waals surface area contributed by atoms with Crippen molar-refractivity contribution in [3.8, 4) is 6.07 Å². The van der Waals surface area contributed by atoms with Crippen LogP contribution >= 0.6 is 0 Å². The molecule has 2 heteroatoms. The predicted octanol–water partition coefficient (Wildman–Crippen LogP) is 3.35. The van der Waals surface area contributed by atoms with Gasteiger partial charge in [-0.1, -0.05) is 29.8 Å². The van der Waals surface area contributed by atoms with Crippen LogP contribution in [0.4, 0.5) is 0 Å². The summed E-state index contributed by atoms with van der Waals surface area (Å²) in [6.45, 7) is 4.83. The molecule has 16 heavy (non-hydrogen) atoms. The zero-order chi connectivity index (χ0) is 11.8. The van der Waals surface area contributed by atoms with Gasteiger partial charge in [-0.25, -0.2) is 0 Å². The van der Waals surface area contributed by atoms with Crippen molar-refractivity contribution >= 4 is 6.21 Å². The number of nitrogens with zero attached hydrogens (tertiary/aromatic N) is 2. The lowest BCUT2D eigenvalue weighted by Crippen LogP contribution is -1.92. The zero-order valence-electron chi connectivity index (χ0n) is 9.98. The van der Waals surface area contributed by atoms with Gasteiger partial charge in [0.15, 0.2) is 0 Å². The van der Waals surface area contributed by atoms with Crippen molar-refractivity contribution in [1.82, 2.24) is 0 Å². The fourth-order valence-corrected chi connectivity index (χ4v) is 1.38. The molecule has 1 aromatic carbocycles. The summed E-state index contributed by atoms with van der Waals surface area (Å²) in [7, 11) is 0. The number of hydrogen-bond acceptors (Lipinski definition) is 2.